The fraction of sp³-hybridized carbons (Fsp3) is 0.250. The lowest BCUT2D eigenvalue weighted by atomic mass is 9.82. The molecule has 0 aromatic heterocycles. The number of amides is 1. The maximum atomic E-state index is 13.0. The van der Waals surface area contributed by atoms with E-state index in [0.29, 0.717) is 44.1 Å². The van der Waals surface area contributed by atoms with Crippen LogP contribution in [0.2, 0.25) is 5.02 Å². The van der Waals surface area contributed by atoms with Gasteiger partial charge in [-0.2, -0.15) is 5.26 Å². The van der Waals surface area contributed by atoms with Crippen molar-refractivity contribution in [1.82, 2.24) is 5.32 Å². The number of esters is 1. The Balaban J connectivity index is 1.90. The molecule has 0 unspecified atom stereocenters. The Morgan fingerprint density at radius 1 is 1.18 bits per heavy atom. The van der Waals surface area contributed by atoms with Crippen LogP contribution in [-0.2, 0) is 14.3 Å². The molecule has 0 spiro atoms. The number of anilines is 1. The molecule has 1 heterocycles. The van der Waals surface area contributed by atoms with Crippen LogP contribution >= 0.6 is 23.4 Å². The molecule has 0 saturated carbocycles. The van der Waals surface area contributed by atoms with Crippen LogP contribution in [0.5, 0.6) is 11.5 Å². The largest absolute Gasteiger partial charge is 0.495 e. The first kappa shape index (κ1) is 28.7. The third-order valence-corrected chi connectivity index (χ3v) is 7.02. The summed E-state index contributed by atoms with van der Waals surface area (Å²) in [6.45, 7) is 7.33. The number of dihydropyridines is 1. The van der Waals surface area contributed by atoms with Crippen LogP contribution in [0, 0.1) is 18.3 Å². The Bertz CT molecular complexity index is 1350. The van der Waals surface area contributed by atoms with Gasteiger partial charge in [0.15, 0.2) is 0 Å². The van der Waals surface area contributed by atoms with E-state index in [0.717, 1.165) is 22.9 Å². The van der Waals surface area contributed by atoms with E-state index < -0.39 is 11.9 Å². The zero-order chi connectivity index (χ0) is 27.8. The van der Waals surface area contributed by atoms with Gasteiger partial charge in [-0.1, -0.05) is 65.8 Å². The topological polar surface area (TPSA) is 110 Å². The van der Waals surface area contributed by atoms with Gasteiger partial charge in [0.2, 0.25) is 5.91 Å². The van der Waals surface area contributed by atoms with Crippen LogP contribution in [0.25, 0.3) is 0 Å². The van der Waals surface area contributed by atoms with E-state index in [1.165, 1.54) is 20.3 Å². The number of carbonyl (C=O) groups excluding carboxylic acids is 2. The third kappa shape index (κ3) is 6.52. The average Bonchev–Trinajstić information content (AvgIpc) is 2.91. The molecule has 0 aliphatic carbocycles. The molecule has 0 bridgehead atoms. The van der Waals surface area contributed by atoms with E-state index in [9.17, 15) is 14.9 Å². The molecule has 10 heteroatoms. The number of allylic oxidation sites excluding steroid dienone is 2. The number of hydrogen-bond donors (Lipinski definition) is 2. The number of benzene rings is 2. The number of halogens is 1. The van der Waals surface area contributed by atoms with Crippen molar-refractivity contribution in [2.24, 2.45) is 0 Å². The van der Waals surface area contributed by atoms with Gasteiger partial charge in [0.25, 0.3) is 0 Å². The maximum Gasteiger partial charge on any atom is 0.337 e. The van der Waals surface area contributed by atoms with Gasteiger partial charge in [0, 0.05) is 17.8 Å². The molecule has 2 aromatic carbocycles. The minimum Gasteiger partial charge on any atom is -0.495 e. The molecule has 2 aromatic rings. The van der Waals surface area contributed by atoms with Crippen LogP contribution in [0.1, 0.15) is 24.0 Å². The number of ether oxygens (including phenoxy) is 3. The summed E-state index contributed by atoms with van der Waals surface area (Å²) in [6, 6.07) is 13.0. The lowest BCUT2D eigenvalue weighted by Gasteiger charge is -2.29. The Morgan fingerprint density at radius 3 is 2.47 bits per heavy atom. The zero-order valence-corrected chi connectivity index (χ0v) is 23.1. The molecule has 0 saturated heterocycles. The highest BCUT2D eigenvalue weighted by Gasteiger charge is 2.35. The highest BCUT2D eigenvalue weighted by Crippen LogP contribution is 2.41. The molecule has 0 fully saturated rings. The summed E-state index contributed by atoms with van der Waals surface area (Å²) in [6.07, 6.45) is 1.48. The van der Waals surface area contributed by atoms with E-state index in [1.54, 1.807) is 19.1 Å². The van der Waals surface area contributed by atoms with Gasteiger partial charge in [-0.15, -0.1) is 0 Å². The molecule has 3 rings (SSSR count). The number of carbonyl (C=O) groups is 2. The van der Waals surface area contributed by atoms with Gasteiger partial charge < -0.3 is 24.8 Å². The van der Waals surface area contributed by atoms with Crippen molar-refractivity contribution in [3.63, 3.8) is 0 Å². The Kier molecular flexibility index (Phi) is 9.88. The molecule has 1 aliphatic heterocycles. The summed E-state index contributed by atoms with van der Waals surface area (Å²) in [7, 11) is 2.94. The molecule has 1 aliphatic rings. The quantitative estimate of drug-likeness (QED) is 0.295. The smallest absolute Gasteiger partial charge is 0.337 e. The van der Waals surface area contributed by atoms with Crippen LogP contribution in [-0.4, -0.2) is 38.5 Å². The minimum absolute atomic E-state index is 0.0221. The molecule has 38 heavy (non-hydrogen) atoms. The van der Waals surface area contributed by atoms with E-state index in [2.05, 4.69) is 23.3 Å². The highest BCUT2D eigenvalue weighted by atomic mass is 35.5. The summed E-state index contributed by atoms with van der Waals surface area (Å²) in [5.41, 5.74) is 3.39. The van der Waals surface area contributed by atoms with Crippen molar-refractivity contribution >= 4 is 40.9 Å². The van der Waals surface area contributed by atoms with Crippen LogP contribution in [0.15, 0.2) is 70.9 Å². The van der Waals surface area contributed by atoms with Crippen molar-refractivity contribution < 1.29 is 23.8 Å². The second-order valence-electron chi connectivity index (χ2n) is 8.27. The van der Waals surface area contributed by atoms with Gasteiger partial charge in [-0.25, -0.2) is 4.79 Å². The average molecular weight is 554 g/mol. The monoisotopic (exact) mass is 553 g/mol. The van der Waals surface area contributed by atoms with Gasteiger partial charge in [0.1, 0.15) is 18.1 Å². The Morgan fingerprint density at radius 2 is 1.87 bits per heavy atom. The molecular weight excluding hydrogens is 526 g/mol. The summed E-state index contributed by atoms with van der Waals surface area (Å²) in [4.78, 5) is 25.9. The van der Waals surface area contributed by atoms with E-state index in [1.807, 2.05) is 31.2 Å². The standard InChI is InChI=1S/C28H28ClN3O5S/c1-6-11-37-28(34)25-17(3)31-27(19(14-30)26(25)18-9-7-16(2)8-10-18)38-15-24(33)32-21-13-22(35-4)20(29)12-23(21)36-5/h6-10,12-13,26,31H,1,11,15H2,2-5H3,(H,32,33)/t26-/m0/s1. The number of methoxy groups -OCH3 is 2. The van der Waals surface area contributed by atoms with E-state index in [-0.39, 0.29) is 18.3 Å². The molecule has 1 atom stereocenters. The Labute approximate surface area is 231 Å². The normalized spacial score (nSPS) is 14.8. The maximum absolute atomic E-state index is 13.0. The fourth-order valence-electron chi connectivity index (χ4n) is 3.88. The third-order valence-electron chi connectivity index (χ3n) is 5.71. The lowest BCUT2D eigenvalue weighted by molar-refractivity contribution is -0.138. The van der Waals surface area contributed by atoms with Gasteiger partial charge in [-0.05, 0) is 19.4 Å². The molecule has 2 N–H and O–H groups in total. The number of thioether (sulfide) groups is 1. The number of aryl methyl sites for hydroxylation is 1. The number of nitrogens with zero attached hydrogens (tertiary/aromatic N) is 1. The summed E-state index contributed by atoms with van der Waals surface area (Å²) >= 11 is 7.31. The van der Waals surface area contributed by atoms with E-state index >= 15 is 0 Å². The second-order valence-corrected chi connectivity index (χ2v) is 9.67. The van der Waals surface area contributed by atoms with Crippen molar-refractivity contribution in [3.05, 3.63) is 87.1 Å². The predicted molar refractivity (Wildman–Crippen MR) is 149 cm³/mol. The summed E-state index contributed by atoms with van der Waals surface area (Å²) in [5.74, 6) is -0.802. The number of nitrogens with one attached hydrogen (secondary N) is 2. The van der Waals surface area contributed by atoms with Gasteiger partial charge in [0.05, 0.1) is 58.8 Å². The highest BCUT2D eigenvalue weighted by molar-refractivity contribution is 8.03. The first-order chi connectivity index (χ1) is 18.2. The number of rotatable bonds is 10. The van der Waals surface area contributed by atoms with Crippen LogP contribution in [0.3, 0.4) is 0 Å². The second kappa shape index (κ2) is 13.1. The molecule has 0 radical (unpaired) electrons. The van der Waals surface area contributed by atoms with Crippen LogP contribution < -0.4 is 20.1 Å². The SMILES string of the molecule is C=CCOC(=O)C1=C(C)NC(SCC(=O)Nc2cc(OC)c(Cl)cc2OC)=C(C#N)[C@@H]1c1ccc(C)cc1. The van der Waals surface area contributed by atoms with E-state index in [4.69, 9.17) is 25.8 Å². The first-order valence-corrected chi connectivity index (χ1v) is 12.9. The lowest BCUT2D eigenvalue weighted by Crippen LogP contribution is -2.29. The molecule has 198 valence electrons. The molecular formula is C28H28ClN3O5S. The van der Waals surface area contributed by atoms with Crippen molar-refractivity contribution in [1.29, 1.82) is 5.26 Å². The number of hydrogen-bond acceptors (Lipinski definition) is 8. The zero-order valence-electron chi connectivity index (χ0n) is 21.5. The van der Waals surface area contributed by atoms with Crippen molar-refractivity contribution in [2.75, 3.05) is 31.9 Å². The predicted octanol–water partition coefficient (Wildman–Crippen LogP) is 5.46. The van der Waals surface area contributed by atoms with Crippen molar-refractivity contribution in [3.8, 4) is 17.6 Å². The summed E-state index contributed by atoms with van der Waals surface area (Å²) in [5, 5.41) is 16.9. The minimum atomic E-state index is -0.662. The van der Waals surface area contributed by atoms with Gasteiger partial charge >= 0.3 is 5.97 Å². The molecule has 8 nitrogen and oxygen atoms in total. The Hall–Kier alpha value is -3.87. The molecule has 1 amide bonds. The van der Waals surface area contributed by atoms with Crippen molar-refractivity contribution in [2.45, 2.75) is 19.8 Å². The first-order valence-electron chi connectivity index (χ1n) is 11.5. The number of nitriles is 1. The summed E-state index contributed by atoms with van der Waals surface area (Å²) < 4.78 is 15.9. The fourth-order valence-corrected chi connectivity index (χ4v) is 5.01. The van der Waals surface area contributed by atoms with Crippen LogP contribution in [0.4, 0.5) is 5.69 Å². The van der Waals surface area contributed by atoms with Gasteiger partial charge in [-0.3, -0.25) is 4.79 Å².